The number of para-hydroxylation sites is 1. The Morgan fingerprint density at radius 2 is 1.79 bits per heavy atom. The van der Waals surface area contributed by atoms with Crippen molar-refractivity contribution in [3.05, 3.63) is 86.3 Å². The number of carbonyl (C=O) groups excluding carboxylic acids is 2. The SMILES string of the molecule is CCOC(=O)c1ccccc1NC(=O)c1ccc(-n2ncc(Cl)c(Cl)c2=O)cc1. The summed E-state index contributed by atoms with van der Waals surface area (Å²) in [7, 11) is 0. The molecule has 29 heavy (non-hydrogen) atoms. The van der Waals surface area contributed by atoms with Crippen molar-refractivity contribution >= 4 is 40.8 Å². The Balaban J connectivity index is 1.83. The molecule has 0 spiro atoms. The van der Waals surface area contributed by atoms with Crippen molar-refractivity contribution in [2.45, 2.75) is 6.92 Å². The molecule has 1 amide bonds. The highest BCUT2D eigenvalue weighted by atomic mass is 35.5. The first-order valence-corrected chi connectivity index (χ1v) is 9.29. The average Bonchev–Trinajstić information content (AvgIpc) is 2.73. The second-order valence-corrected chi connectivity index (χ2v) is 6.58. The lowest BCUT2D eigenvalue weighted by molar-refractivity contribution is 0.0527. The quantitative estimate of drug-likeness (QED) is 0.617. The van der Waals surface area contributed by atoms with Gasteiger partial charge in [0.1, 0.15) is 5.02 Å². The van der Waals surface area contributed by atoms with Gasteiger partial charge in [-0.1, -0.05) is 35.3 Å². The second kappa shape index (κ2) is 8.89. The smallest absolute Gasteiger partial charge is 0.340 e. The van der Waals surface area contributed by atoms with Gasteiger partial charge in [0, 0.05) is 5.56 Å². The van der Waals surface area contributed by atoms with E-state index in [2.05, 4.69) is 10.4 Å². The second-order valence-electron chi connectivity index (χ2n) is 5.79. The Morgan fingerprint density at radius 1 is 1.10 bits per heavy atom. The molecule has 0 atom stereocenters. The normalized spacial score (nSPS) is 10.4. The topological polar surface area (TPSA) is 90.3 Å². The van der Waals surface area contributed by atoms with Crippen molar-refractivity contribution in [2.75, 3.05) is 11.9 Å². The lowest BCUT2D eigenvalue weighted by Crippen LogP contribution is -2.21. The fourth-order valence-corrected chi connectivity index (χ4v) is 2.78. The number of carbonyl (C=O) groups is 2. The number of anilines is 1. The van der Waals surface area contributed by atoms with Gasteiger partial charge in [-0.2, -0.15) is 9.78 Å². The number of esters is 1. The highest BCUT2D eigenvalue weighted by molar-refractivity contribution is 6.41. The predicted octanol–water partition coefficient (Wildman–Crippen LogP) is 3.97. The summed E-state index contributed by atoms with van der Waals surface area (Å²) < 4.78 is 6.08. The van der Waals surface area contributed by atoms with Gasteiger partial charge in [0.05, 0.1) is 34.8 Å². The van der Waals surface area contributed by atoms with E-state index in [0.717, 1.165) is 4.68 Å². The van der Waals surface area contributed by atoms with Gasteiger partial charge < -0.3 is 10.1 Å². The van der Waals surface area contributed by atoms with Crippen molar-refractivity contribution in [1.82, 2.24) is 9.78 Å². The molecule has 1 heterocycles. The van der Waals surface area contributed by atoms with Crippen LogP contribution in [0.3, 0.4) is 0 Å². The van der Waals surface area contributed by atoms with Crippen LogP contribution < -0.4 is 10.9 Å². The summed E-state index contributed by atoms with van der Waals surface area (Å²) in [5.74, 6) is -0.952. The number of aromatic nitrogens is 2. The van der Waals surface area contributed by atoms with Crippen LogP contribution in [0.5, 0.6) is 0 Å². The molecule has 9 heteroatoms. The molecule has 0 saturated heterocycles. The number of halogens is 2. The van der Waals surface area contributed by atoms with E-state index >= 15 is 0 Å². The van der Waals surface area contributed by atoms with E-state index in [9.17, 15) is 14.4 Å². The number of rotatable bonds is 5. The number of hydrogen-bond acceptors (Lipinski definition) is 5. The van der Waals surface area contributed by atoms with Crippen LogP contribution >= 0.6 is 23.2 Å². The van der Waals surface area contributed by atoms with Gasteiger partial charge in [0.2, 0.25) is 0 Å². The predicted molar refractivity (Wildman–Crippen MR) is 110 cm³/mol. The minimum atomic E-state index is -0.570. The summed E-state index contributed by atoms with van der Waals surface area (Å²) in [5.41, 5.74) is 0.755. The summed E-state index contributed by atoms with van der Waals surface area (Å²) in [6, 6.07) is 12.7. The van der Waals surface area contributed by atoms with E-state index in [4.69, 9.17) is 27.9 Å². The number of amides is 1. The van der Waals surface area contributed by atoms with Crippen LogP contribution in [-0.4, -0.2) is 28.3 Å². The van der Waals surface area contributed by atoms with Crippen LogP contribution in [0.4, 0.5) is 5.69 Å². The molecule has 0 aliphatic rings. The molecule has 3 rings (SSSR count). The molecule has 0 aliphatic heterocycles. The molecular weight excluding hydrogens is 417 g/mol. The first kappa shape index (κ1) is 20.6. The van der Waals surface area contributed by atoms with Crippen molar-refractivity contribution < 1.29 is 14.3 Å². The highest BCUT2D eigenvalue weighted by Crippen LogP contribution is 2.19. The molecule has 0 aliphatic carbocycles. The Bertz CT molecular complexity index is 1130. The molecule has 1 aromatic heterocycles. The van der Waals surface area contributed by atoms with E-state index in [1.165, 1.54) is 18.3 Å². The molecule has 0 unspecified atom stereocenters. The Morgan fingerprint density at radius 3 is 2.48 bits per heavy atom. The van der Waals surface area contributed by atoms with Crippen molar-refractivity contribution in [2.24, 2.45) is 0 Å². The van der Waals surface area contributed by atoms with Crippen LogP contribution in [-0.2, 0) is 4.74 Å². The third kappa shape index (κ3) is 4.47. The molecule has 0 radical (unpaired) electrons. The van der Waals surface area contributed by atoms with E-state index in [-0.39, 0.29) is 22.2 Å². The molecular formula is C20H15Cl2N3O4. The van der Waals surface area contributed by atoms with Gasteiger partial charge >= 0.3 is 5.97 Å². The molecule has 148 valence electrons. The standard InChI is InChI=1S/C20H15Cl2N3O4/c1-2-29-20(28)14-5-3-4-6-16(14)24-18(26)12-7-9-13(10-8-12)25-19(27)17(22)15(21)11-23-25/h3-11H,2H2,1H3,(H,24,26). The van der Waals surface area contributed by atoms with E-state index in [1.54, 1.807) is 43.3 Å². The molecule has 3 aromatic rings. The molecule has 0 fully saturated rings. The maximum atomic E-state index is 12.6. The summed E-state index contributed by atoms with van der Waals surface area (Å²) >= 11 is 11.6. The third-order valence-corrected chi connectivity index (χ3v) is 4.67. The lowest BCUT2D eigenvalue weighted by Gasteiger charge is -2.11. The molecule has 0 saturated carbocycles. The van der Waals surface area contributed by atoms with Crippen LogP contribution in [0.25, 0.3) is 5.69 Å². The minimum Gasteiger partial charge on any atom is -0.462 e. The summed E-state index contributed by atoms with van der Waals surface area (Å²) in [6.45, 7) is 1.93. The lowest BCUT2D eigenvalue weighted by atomic mass is 10.1. The van der Waals surface area contributed by atoms with Gasteiger partial charge in [0.25, 0.3) is 11.5 Å². The Labute approximate surface area is 175 Å². The van der Waals surface area contributed by atoms with Gasteiger partial charge in [-0.05, 0) is 43.3 Å². The van der Waals surface area contributed by atoms with Gasteiger partial charge in [0.15, 0.2) is 0 Å². The summed E-state index contributed by atoms with van der Waals surface area (Å²) in [5, 5.41) is 6.55. The number of hydrogen-bond donors (Lipinski definition) is 1. The fraction of sp³-hybridized carbons (Fsp3) is 0.100. The first-order valence-electron chi connectivity index (χ1n) is 8.53. The molecule has 2 aromatic carbocycles. The Kier molecular flexibility index (Phi) is 6.31. The van der Waals surface area contributed by atoms with E-state index in [1.807, 2.05) is 0 Å². The largest absolute Gasteiger partial charge is 0.462 e. The van der Waals surface area contributed by atoms with Crippen LogP contribution in [0.2, 0.25) is 10.0 Å². The van der Waals surface area contributed by atoms with Crippen LogP contribution in [0, 0.1) is 0 Å². The summed E-state index contributed by atoms with van der Waals surface area (Å²) in [4.78, 5) is 36.8. The number of nitrogens with one attached hydrogen (secondary N) is 1. The zero-order chi connectivity index (χ0) is 21.0. The number of ether oxygens (including phenoxy) is 1. The van der Waals surface area contributed by atoms with Crippen molar-refractivity contribution in [1.29, 1.82) is 0 Å². The zero-order valence-electron chi connectivity index (χ0n) is 15.2. The minimum absolute atomic E-state index is 0.0594. The molecule has 1 N–H and O–H groups in total. The summed E-state index contributed by atoms with van der Waals surface area (Å²) in [6.07, 6.45) is 1.26. The van der Waals surface area contributed by atoms with E-state index < -0.39 is 17.4 Å². The molecule has 7 nitrogen and oxygen atoms in total. The fourth-order valence-electron chi connectivity index (χ4n) is 2.52. The van der Waals surface area contributed by atoms with Crippen molar-refractivity contribution in [3.8, 4) is 5.69 Å². The zero-order valence-corrected chi connectivity index (χ0v) is 16.7. The number of nitrogens with zero attached hydrogens (tertiary/aromatic N) is 2. The number of benzene rings is 2. The van der Waals surface area contributed by atoms with E-state index in [0.29, 0.717) is 16.9 Å². The maximum Gasteiger partial charge on any atom is 0.340 e. The van der Waals surface area contributed by atoms with Gasteiger partial charge in [-0.3, -0.25) is 9.59 Å². The van der Waals surface area contributed by atoms with Gasteiger partial charge in [-0.25, -0.2) is 4.79 Å². The van der Waals surface area contributed by atoms with Crippen molar-refractivity contribution in [3.63, 3.8) is 0 Å². The maximum absolute atomic E-state index is 12.6. The Hall–Kier alpha value is -3.16. The monoisotopic (exact) mass is 431 g/mol. The van der Waals surface area contributed by atoms with Crippen LogP contribution in [0.15, 0.2) is 59.5 Å². The van der Waals surface area contributed by atoms with Crippen LogP contribution in [0.1, 0.15) is 27.6 Å². The highest BCUT2D eigenvalue weighted by Gasteiger charge is 2.15. The first-order chi connectivity index (χ1) is 13.9. The molecule has 0 bridgehead atoms. The average molecular weight is 432 g/mol. The van der Waals surface area contributed by atoms with Gasteiger partial charge in [-0.15, -0.1) is 0 Å². The third-order valence-electron chi connectivity index (χ3n) is 3.92.